The number of carbonyl (C=O) groups excluding carboxylic acids is 3. The molecule has 2 atom stereocenters. The van der Waals surface area contributed by atoms with E-state index in [0.717, 1.165) is 5.69 Å². The number of anilines is 3. The minimum atomic E-state index is -0.909. The monoisotopic (exact) mass is 460 g/mol. The van der Waals surface area contributed by atoms with Crippen LogP contribution in [0.3, 0.4) is 0 Å². The van der Waals surface area contributed by atoms with Crippen molar-refractivity contribution in [3.8, 4) is 11.5 Å². The van der Waals surface area contributed by atoms with Gasteiger partial charge in [-0.2, -0.15) is 0 Å². The highest BCUT2D eigenvalue weighted by Gasteiger charge is 2.31. The number of rotatable bonds is 6. The Bertz CT molecular complexity index is 1070. The molecule has 0 bridgehead atoms. The van der Waals surface area contributed by atoms with Gasteiger partial charge in [0.25, 0.3) is 5.91 Å². The van der Waals surface area contributed by atoms with Crippen LogP contribution in [-0.4, -0.2) is 45.0 Å². The molecule has 0 saturated carbocycles. The lowest BCUT2D eigenvalue weighted by atomic mass is 10.0. The first-order valence-electron chi connectivity index (χ1n) is 9.88. The highest BCUT2D eigenvalue weighted by atomic mass is 35.5. The number of carbonyl (C=O) groups is 3. The van der Waals surface area contributed by atoms with Crippen molar-refractivity contribution >= 4 is 46.4 Å². The molecule has 3 rings (SSSR count). The number of nitrogens with zero attached hydrogens (tertiary/aromatic N) is 1. The molecule has 0 saturated heterocycles. The average molecular weight is 461 g/mol. The van der Waals surface area contributed by atoms with Gasteiger partial charge in [0.05, 0.1) is 40.7 Å². The van der Waals surface area contributed by atoms with Crippen LogP contribution in [0, 0.1) is 5.92 Å². The third-order valence-electron chi connectivity index (χ3n) is 5.09. The third-order valence-corrected chi connectivity index (χ3v) is 5.41. The number of fused-ring (bicyclic) bond motifs is 1. The van der Waals surface area contributed by atoms with Crippen molar-refractivity contribution < 1.29 is 23.9 Å². The summed E-state index contributed by atoms with van der Waals surface area (Å²) in [5.74, 6) is -1.25. The standard InChI is InChI=1S/C22H25ClN4O5/c1-11(22(30)31-4)7-17-21(29)25-16-10-15(24)19(9-13(16)20(28)26-17)32-12-5-6-14(23)18(8-12)27(2)3/h5-6,8-11,17H,7,24H2,1-4H3,(H,25,29)(H,26,28)/t11-,17-/m1/s1. The molecule has 2 aromatic rings. The summed E-state index contributed by atoms with van der Waals surface area (Å²) >= 11 is 6.21. The number of halogens is 1. The Labute approximate surface area is 190 Å². The Hall–Kier alpha value is -3.46. The lowest BCUT2D eigenvalue weighted by Crippen LogP contribution is -2.43. The molecule has 10 heteroatoms. The van der Waals surface area contributed by atoms with Crippen LogP contribution in [0.5, 0.6) is 11.5 Å². The molecule has 2 amide bonds. The first-order chi connectivity index (χ1) is 15.1. The molecule has 0 aromatic heterocycles. The lowest BCUT2D eigenvalue weighted by Gasteiger charge is -2.17. The zero-order chi connectivity index (χ0) is 23.6. The van der Waals surface area contributed by atoms with E-state index in [1.165, 1.54) is 19.2 Å². The highest BCUT2D eigenvalue weighted by molar-refractivity contribution is 6.33. The summed E-state index contributed by atoms with van der Waals surface area (Å²) in [5, 5.41) is 5.91. The van der Waals surface area contributed by atoms with Crippen LogP contribution in [0.4, 0.5) is 17.1 Å². The van der Waals surface area contributed by atoms with Gasteiger partial charge in [0.1, 0.15) is 11.8 Å². The van der Waals surface area contributed by atoms with E-state index in [1.807, 2.05) is 19.0 Å². The smallest absolute Gasteiger partial charge is 0.308 e. The number of ether oxygens (including phenoxy) is 2. The number of nitrogens with one attached hydrogen (secondary N) is 2. The van der Waals surface area contributed by atoms with Gasteiger partial charge in [-0.3, -0.25) is 14.4 Å². The lowest BCUT2D eigenvalue weighted by molar-refractivity contribution is -0.145. The number of nitrogen functional groups attached to an aromatic ring is 1. The largest absolute Gasteiger partial charge is 0.469 e. The summed E-state index contributed by atoms with van der Waals surface area (Å²) in [6.45, 7) is 1.63. The Morgan fingerprint density at radius 2 is 1.97 bits per heavy atom. The van der Waals surface area contributed by atoms with E-state index >= 15 is 0 Å². The zero-order valence-corrected chi connectivity index (χ0v) is 18.9. The molecule has 1 aliphatic heterocycles. The van der Waals surface area contributed by atoms with Gasteiger partial charge in [0, 0.05) is 20.2 Å². The Morgan fingerprint density at radius 3 is 2.62 bits per heavy atom. The topological polar surface area (TPSA) is 123 Å². The number of benzene rings is 2. The van der Waals surface area contributed by atoms with E-state index in [2.05, 4.69) is 10.6 Å². The molecule has 170 valence electrons. The fourth-order valence-corrected chi connectivity index (χ4v) is 3.63. The van der Waals surface area contributed by atoms with Crippen LogP contribution in [0.1, 0.15) is 23.7 Å². The quantitative estimate of drug-likeness (QED) is 0.447. The van der Waals surface area contributed by atoms with Gasteiger partial charge in [0.2, 0.25) is 5.91 Å². The SMILES string of the molecule is COC(=O)[C@H](C)C[C@H]1NC(=O)c2cc(Oc3ccc(Cl)c(N(C)C)c3)c(N)cc2NC1=O. The number of hydrogen-bond donors (Lipinski definition) is 3. The van der Waals surface area contributed by atoms with E-state index in [-0.39, 0.29) is 29.1 Å². The van der Waals surface area contributed by atoms with E-state index in [4.69, 9.17) is 26.8 Å². The zero-order valence-electron chi connectivity index (χ0n) is 18.2. The van der Waals surface area contributed by atoms with E-state index < -0.39 is 29.7 Å². The van der Waals surface area contributed by atoms with Crippen molar-refractivity contribution in [2.75, 3.05) is 37.2 Å². The summed E-state index contributed by atoms with van der Waals surface area (Å²) in [6.07, 6.45) is 0.0924. The second-order valence-corrected chi connectivity index (χ2v) is 8.13. The van der Waals surface area contributed by atoms with Gasteiger partial charge in [-0.1, -0.05) is 18.5 Å². The number of nitrogens with two attached hydrogens (primary N) is 1. The first-order valence-corrected chi connectivity index (χ1v) is 10.3. The van der Waals surface area contributed by atoms with Crippen LogP contribution in [0.15, 0.2) is 30.3 Å². The fraction of sp³-hybridized carbons (Fsp3) is 0.318. The molecule has 9 nitrogen and oxygen atoms in total. The van der Waals surface area contributed by atoms with E-state index in [1.54, 1.807) is 25.1 Å². The Kier molecular flexibility index (Phi) is 6.78. The normalized spacial score (nSPS) is 16.2. The predicted octanol–water partition coefficient (Wildman–Crippen LogP) is 3.03. The van der Waals surface area contributed by atoms with Crippen molar-refractivity contribution in [3.63, 3.8) is 0 Å². The van der Waals surface area contributed by atoms with Crippen molar-refractivity contribution in [2.24, 2.45) is 5.92 Å². The van der Waals surface area contributed by atoms with Gasteiger partial charge < -0.3 is 30.7 Å². The number of esters is 1. The molecule has 0 unspecified atom stereocenters. The van der Waals surface area contributed by atoms with Crippen molar-refractivity contribution in [2.45, 2.75) is 19.4 Å². The Morgan fingerprint density at radius 1 is 1.25 bits per heavy atom. The van der Waals surface area contributed by atoms with E-state index in [0.29, 0.717) is 10.8 Å². The maximum Gasteiger partial charge on any atom is 0.308 e. The molecular formula is C22H25ClN4O5. The summed E-state index contributed by atoms with van der Waals surface area (Å²) in [6, 6.07) is 7.17. The van der Waals surface area contributed by atoms with Gasteiger partial charge >= 0.3 is 5.97 Å². The van der Waals surface area contributed by atoms with Crippen molar-refractivity contribution in [1.82, 2.24) is 5.32 Å². The summed E-state index contributed by atoms with van der Waals surface area (Å²) in [5.41, 5.74) is 7.57. The maximum absolute atomic E-state index is 12.8. The van der Waals surface area contributed by atoms with Gasteiger partial charge in [0.15, 0.2) is 5.75 Å². The number of methoxy groups -OCH3 is 1. The fourth-order valence-electron chi connectivity index (χ4n) is 3.34. The number of amides is 2. The molecular weight excluding hydrogens is 436 g/mol. The summed E-state index contributed by atoms with van der Waals surface area (Å²) < 4.78 is 10.6. The third kappa shape index (κ3) is 4.88. The van der Waals surface area contributed by atoms with Crippen LogP contribution < -0.4 is 26.0 Å². The molecule has 32 heavy (non-hydrogen) atoms. The second-order valence-electron chi connectivity index (χ2n) is 7.72. The first kappa shape index (κ1) is 23.2. The summed E-state index contributed by atoms with van der Waals surface area (Å²) in [7, 11) is 4.98. The molecule has 0 radical (unpaired) electrons. The molecule has 0 aliphatic carbocycles. The minimum Gasteiger partial charge on any atom is -0.469 e. The average Bonchev–Trinajstić information content (AvgIpc) is 2.85. The molecule has 2 aromatic carbocycles. The van der Waals surface area contributed by atoms with Crippen LogP contribution in [0.25, 0.3) is 0 Å². The maximum atomic E-state index is 12.8. The molecule has 0 fully saturated rings. The number of hydrogen-bond acceptors (Lipinski definition) is 7. The molecule has 0 spiro atoms. The second kappa shape index (κ2) is 9.35. The molecule has 1 heterocycles. The van der Waals surface area contributed by atoms with Crippen molar-refractivity contribution in [1.29, 1.82) is 0 Å². The summed E-state index contributed by atoms with van der Waals surface area (Å²) in [4.78, 5) is 39.0. The van der Waals surface area contributed by atoms with Crippen LogP contribution >= 0.6 is 11.6 Å². The van der Waals surface area contributed by atoms with Crippen LogP contribution in [-0.2, 0) is 14.3 Å². The van der Waals surface area contributed by atoms with Crippen molar-refractivity contribution in [3.05, 3.63) is 40.9 Å². The predicted molar refractivity (Wildman–Crippen MR) is 122 cm³/mol. The highest BCUT2D eigenvalue weighted by Crippen LogP contribution is 2.36. The van der Waals surface area contributed by atoms with Gasteiger partial charge in [-0.15, -0.1) is 0 Å². The minimum absolute atomic E-state index is 0.0924. The molecule has 1 aliphatic rings. The molecule has 4 N–H and O–H groups in total. The van der Waals surface area contributed by atoms with Crippen LogP contribution in [0.2, 0.25) is 5.02 Å². The van der Waals surface area contributed by atoms with E-state index in [9.17, 15) is 14.4 Å². The Balaban J connectivity index is 1.87. The van der Waals surface area contributed by atoms with Gasteiger partial charge in [-0.05, 0) is 30.7 Å². The van der Waals surface area contributed by atoms with Gasteiger partial charge in [-0.25, -0.2) is 0 Å².